The predicted molar refractivity (Wildman–Crippen MR) is 75.9 cm³/mol. The molecule has 0 saturated carbocycles. The Labute approximate surface area is 118 Å². The van der Waals surface area contributed by atoms with Crippen LogP contribution in [0.15, 0.2) is 41.8 Å². The van der Waals surface area contributed by atoms with Crippen molar-refractivity contribution in [3.8, 4) is 0 Å². The zero-order valence-corrected chi connectivity index (χ0v) is 11.9. The number of benzene rings is 1. The normalized spacial score (nSPS) is 14.4. The molecule has 0 fully saturated rings. The van der Waals surface area contributed by atoms with Crippen LogP contribution in [-0.4, -0.2) is 24.5 Å². The Hall–Kier alpha value is -1.66. The van der Waals surface area contributed by atoms with Gasteiger partial charge in [0.2, 0.25) is 10.0 Å². The number of hydrogen-bond acceptors (Lipinski definition) is 3. The maximum absolute atomic E-state index is 12.2. The summed E-state index contributed by atoms with van der Waals surface area (Å²) >= 11 is 0. The third kappa shape index (κ3) is 2.76. The molecule has 3 rings (SSSR count). The minimum absolute atomic E-state index is 0.357. The summed E-state index contributed by atoms with van der Waals surface area (Å²) in [6.07, 6.45) is 8.31. The zero-order chi connectivity index (χ0) is 14.0. The molecule has 1 heterocycles. The van der Waals surface area contributed by atoms with Gasteiger partial charge in [-0.05, 0) is 42.5 Å². The Kier molecular flexibility index (Phi) is 3.58. The molecule has 2 aromatic rings. The van der Waals surface area contributed by atoms with Crippen LogP contribution in [0.25, 0.3) is 0 Å². The fraction of sp³-hybridized carbons (Fsp3) is 0.357. The van der Waals surface area contributed by atoms with Crippen LogP contribution in [0.4, 0.5) is 0 Å². The maximum atomic E-state index is 12.2. The van der Waals surface area contributed by atoms with E-state index in [2.05, 4.69) is 9.71 Å². The first kappa shape index (κ1) is 13.3. The SMILES string of the molecule is O=S(=O)(NCCn1ccnc1)c1ccc2c(c1)CCC2. The predicted octanol–water partition coefficient (Wildman–Crippen LogP) is 1.35. The van der Waals surface area contributed by atoms with Crippen molar-refractivity contribution < 1.29 is 8.42 Å². The molecule has 1 aliphatic carbocycles. The zero-order valence-electron chi connectivity index (χ0n) is 11.1. The van der Waals surface area contributed by atoms with Gasteiger partial charge in [-0.1, -0.05) is 6.07 Å². The number of nitrogens with one attached hydrogen (secondary N) is 1. The van der Waals surface area contributed by atoms with Crippen molar-refractivity contribution >= 4 is 10.0 Å². The molecule has 0 unspecified atom stereocenters. The molecule has 106 valence electrons. The van der Waals surface area contributed by atoms with Gasteiger partial charge in [0.15, 0.2) is 0 Å². The summed E-state index contributed by atoms with van der Waals surface area (Å²) in [6, 6.07) is 5.44. The second-order valence-corrected chi connectivity index (χ2v) is 6.75. The van der Waals surface area contributed by atoms with Gasteiger partial charge in [-0.2, -0.15) is 0 Å². The monoisotopic (exact) mass is 291 g/mol. The van der Waals surface area contributed by atoms with E-state index in [1.807, 2.05) is 22.9 Å². The summed E-state index contributed by atoms with van der Waals surface area (Å²) in [5.74, 6) is 0. The molecule has 1 aromatic heterocycles. The summed E-state index contributed by atoms with van der Waals surface area (Å²) in [5.41, 5.74) is 2.45. The maximum Gasteiger partial charge on any atom is 0.240 e. The van der Waals surface area contributed by atoms with Gasteiger partial charge in [-0.3, -0.25) is 0 Å². The molecule has 5 nitrogen and oxygen atoms in total. The van der Waals surface area contributed by atoms with Crippen molar-refractivity contribution in [1.82, 2.24) is 14.3 Å². The smallest absolute Gasteiger partial charge is 0.240 e. The highest BCUT2D eigenvalue weighted by Gasteiger charge is 2.17. The van der Waals surface area contributed by atoms with Crippen molar-refractivity contribution in [1.29, 1.82) is 0 Å². The van der Waals surface area contributed by atoms with Crippen LogP contribution in [0.3, 0.4) is 0 Å². The number of aryl methyl sites for hydroxylation is 2. The minimum atomic E-state index is -3.42. The van der Waals surface area contributed by atoms with Gasteiger partial charge in [0.25, 0.3) is 0 Å². The molecule has 1 aliphatic rings. The second-order valence-electron chi connectivity index (χ2n) is 4.98. The van der Waals surface area contributed by atoms with Gasteiger partial charge in [0.1, 0.15) is 0 Å². The molecule has 6 heteroatoms. The van der Waals surface area contributed by atoms with E-state index in [9.17, 15) is 8.42 Å². The topological polar surface area (TPSA) is 64.0 Å². The van der Waals surface area contributed by atoms with E-state index < -0.39 is 10.0 Å². The van der Waals surface area contributed by atoms with Crippen LogP contribution in [0.2, 0.25) is 0 Å². The van der Waals surface area contributed by atoms with E-state index >= 15 is 0 Å². The van der Waals surface area contributed by atoms with Gasteiger partial charge in [0.05, 0.1) is 11.2 Å². The standard InChI is InChI=1S/C14H17N3O2S/c18-20(19,16-7-9-17-8-6-15-11-17)14-5-4-12-2-1-3-13(12)10-14/h4-6,8,10-11,16H,1-3,7,9H2. The Morgan fingerprint density at radius 1 is 1.25 bits per heavy atom. The summed E-state index contributed by atoms with van der Waals surface area (Å²) < 4.78 is 28.9. The van der Waals surface area contributed by atoms with Crippen molar-refractivity contribution in [2.45, 2.75) is 30.7 Å². The molecule has 0 spiro atoms. The van der Waals surface area contributed by atoms with Crippen molar-refractivity contribution in [2.75, 3.05) is 6.54 Å². The number of aromatic nitrogens is 2. The Morgan fingerprint density at radius 3 is 2.90 bits per heavy atom. The van der Waals surface area contributed by atoms with Crippen molar-refractivity contribution in [3.05, 3.63) is 48.0 Å². The van der Waals surface area contributed by atoms with E-state index in [1.165, 1.54) is 11.1 Å². The third-order valence-electron chi connectivity index (χ3n) is 3.60. The van der Waals surface area contributed by atoms with E-state index in [0.717, 1.165) is 19.3 Å². The van der Waals surface area contributed by atoms with E-state index in [1.54, 1.807) is 18.6 Å². The molecule has 0 saturated heterocycles. The first-order valence-electron chi connectivity index (χ1n) is 6.72. The van der Waals surface area contributed by atoms with E-state index in [0.29, 0.717) is 18.0 Å². The van der Waals surface area contributed by atoms with Gasteiger partial charge in [-0.25, -0.2) is 18.1 Å². The second kappa shape index (κ2) is 5.38. The molecule has 0 aliphatic heterocycles. The lowest BCUT2D eigenvalue weighted by atomic mass is 10.1. The Bertz CT molecular complexity index is 693. The number of sulfonamides is 1. The van der Waals surface area contributed by atoms with Gasteiger partial charge in [-0.15, -0.1) is 0 Å². The average Bonchev–Trinajstić information content (AvgIpc) is 3.08. The highest BCUT2D eigenvalue weighted by Crippen LogP contribution is 2.24. The third-order valence-corrected chi connectivity index (χ3v) is 5.06. The van der Waals surface area contributed by atoms with Crippen LogP contribution in [0.5, 0.6) is 0 Å². The molecular formula is C14H17N3O2S. The summed E-state index contributed by atoms with van der Waals surface area (Å²) in [5, 5.41) is 0. The molecule has 0 bridgehead atoms. The lowest BCUT2D eigenvalue weighted by Crippen LogP contribution is -2.27. The first-order chi connectivity index (χ1) is 9.65. The molecule has 1 N–H and O–H groups in total. The van der Waals surface area contributed by atoms with E-state index in [4.69, 9.17) is 0 Å². The lowest BCUT2D eigenvalue weighted by molar-refractivity contribution is 0.572. The molecule has 1 aromatic carbocycles. The lowest BCUT2D eigenvalue weighted by Gasteiger charge is -2.09. The number of rotatable bonds is 5. The average molecular weight is 291 g/mol. The van der Waals surface area contributed by atoms with Crippen LogP contribution >= 0.6 is 0 Å². The fourth-order valence-electron chi connectivity index (χ4n) is 2.53. The quantitative estimate of drug-likeness (QED) is 0.904. The van der Waals surface area contributed by atoms with Crippen molar-refractivity contribution in [3.63, 3.8) is 0 Å². The molecule has 0 amide bonds. The minimum Gasteiger partial charge on any atom is -0.336 e. The molecule has 0 radical (unpaired) electrons. The number of imidazole rings is 1. The van der Waals surface area contributed by atoms with Gasteiger partial charge < -0.3 is 4.57 Å². The van der Waals surface area contributed by atoms with Crippen LogP contribution in [-0.2, 0) is 29.4 Å². The van der Waals surface area contributed by atoms with Crippen LogP contribution in [0.1, 0.15) is 17.5 Å². The van der Waals surface area contributed by atoms with Crippen LogP contribution < -0.4 is 4.72 Å². The summed E-state index contributed by atoms with van der Waals surface area (Å²) in [6.45, 7) is 0.931. The molecular weight excluding hydrogens is 274 g/mol. The number of hydrogen-bond donors (Lipinski definition) is 1. The molecule has 20 heavy (non-hydrogen) atoms. The summed E-state index contributed by atoms with van der Waals surface area (Å²) in [7, 11) is -3.42. The Morgan fingerprint density at radius 2 is 2.10 bits per heavy atom. The van der Waals surface area contributed by atoms with Crippen molar-refractivity contribution in [2.24, 2.45) is 0 Å². The van der Waals surface area contributed by atoms with E-state index in [-0.39, 0.29) is 0 Å². The fourth-order valence-corrected chi connectivity index (χ4v) is 3.60. The highest BCUT2D eigenvalue weighted by molar-refractivity contribution is 7.89. The Balaban J connectivity index is 1.68. The number of nitrogens with zero attached hydrogens (tertiary/aromatic N) is 2. The molecule has 0 atom stereocenters. The summed E-state index contributed by atoms with van der Waals surface area (Å²) in [4.78, 5) is 4.29. The highest BCUT2D eigenvalue weighted by atomic mass is 32.2. The first-order valence-corrected chi connectivity index (χ1v) is 8.21. The largest absolute Gasteiger partial charge is 0.336 e. The van der Waals surface area contributed by atoms with Gasteiger partial charge in [0, 0.05) is 25.5 Å². The van der Waals surface area contributed by atoms with Crippen LogP contribution in [0, 0.1) is 0 Å². The van der Waals surface area contributed by atoms with Gasteiger partial charge >= 0.3 is 0 Å². The number of fused-ring (bicyclic) bond motifs is 1.